The highest BCUT2D eigenvalue weighted by Gasteiger charge is 2.34. The molecule has 0 aromatic heterocycles. The summed E-state index contributed by atoms with van der Waals surface area (Å²) >= 11 is 0. The van der Waals surface area contributed by atoms with Crippen LogP contribution in [0.4, 0.5) is 0 Å². The zero-order chi connectivity index (χ0) is 21.8. The first-order valence-electron chi connectivity index (χ1n) is 6.89. The van der Waals surface area contributed by atoms with Crippen LogP contribution in [0.3, 0.4) is 0 Å². The molecule has 0 bridgehead atoms. The van der Waals surface area contributed by atoms with Gasteiger partial charge in [-0.2, -0.15) is 0 Å². The van der Waals surface area contributed by atoms with Gasteiger partial charge in [-0.15, -0.1) is 0 Å². The number of hydrogen-bond donors (Lipinski definition) is 6. The molecule has 1 atom stereocenters. The minimum atomic E-state index is -0.981. The van der Waals surface area contributed by atoms with Crippen molar-refractivity contribution in [1.82, 2.24) is 0 Å². The van der Waals surface area contributed by atoms with Crippen LogP contribution >= 0.6 is 0 Å². The SMILES string of the molecule is C=CC(=O)O.C=CC(=O)O.C=CC(=O)O.COC(C)C(CO)(CO)CO. The average molecular weight is 380 g/mol. The van der Waals surface area contributed by atoms with Crippen LogP contribution in [0.15, 0.2) is 38.0 Å². The molecule has 1 unspecified atom stereocenters. The second-order valence-electron chi connectivity index (χ2n) is 4.34. The van der Waals surface area contributed by atoms with Gasteiger partial charge in [0.05, 0.1) is 31.3 Å². The van der Waals surface area contributed by atoms with Crippen LogP contribution in [0.2, 0.25) is 0 Å². The fraction of sp³-hybridized carbons (Fsp3) is 0.438. The Bertz CT molecular complexity index is 376. The van der Waals surface area contributed by atoms with Gasteiger partial charge in [-0.25, -0.2) is 14.4 Å². The van der Waals surface area contributed by atoms with Crippen molar-refractivity contribution in [3.05, 3.63) is 38.0 Å². The molecular weight excluding hydrogens is 352 g/mol. The van der Waals surface area contributed by atoms with E-state index in [0.717, 1.165) is 18.2 Å². The van der Waals surface area contributed by atoms with Gasteiger partial charge in [0.15, 0.2) is 0 Å². The molecule has 0 radical (unpaired) electrons. The lowest BCUT2D eigenvalue weighted by molar-refractivity contribution is -0.132. The molecule has 0 saturated carbocycles. The van der Waals surface area contributed by atoms with E-state index in [-0.39, 0.29) is 25.9 Å². The molecule has 0 aliphatic heterocycles. The number of methoxy groups -OCH3 is 1. The van der Waals surface area contributed by atoms with Crippen LogP contribution in [-0.4, -0.2) is 81.6 Å². The molecule has 10 nitrogen and oxygen atoms in total. The second kappa shape index (κ2) is 20.5. The van der Waals surface area contributed by atoms with Gasteiger partial charge in [-0.05, 0) is 6.92 Å². The molecule has 0 heterocycles. The van der Waals surface area contributed by atoms with Crippen molar-refractivity contribution in [3.8, 4) is 0 Å². The van der Waals surface area contributed by atoms with Crippen LogP contribution < -0.4 is 0 Å². The van der Waals surface area contributed by atoms with E-state index < -0.39 is 23.3 Å². The molecule has 6 N–H and O–H groups in total. The number of carboxylic acids is 3. The summed E-state index contributed by atoms with van der Waals surface area (Å²) in [7, 11) is 1.47. The maximum Gasteiger partial charge on any atom is 0.327 e. The average Bonchev–Trinajstić information content (AvgIpc) is 2.64. The number of hydrogen-bond acceptors (Lipinski definition) is 7. The standard InChI is InChI=1S/C7H16O4.3C3H4O2/c1-6(11-2)7(3-8,4-9)5-10;3*1-2-3(4)5/h6,8-10H,3-5H2,1-2H3;3*2H,1H2,(H,4,5). The minimum absolute atomic E-state index is 0.283. The van der Waals surface area contributed by atoms with Crippen LogP contribution in [0, 0.1) is 5.41 Å². The fourth-order valence-electron chi connectivity index (χ4n) is 0.786. The maximum atomic E-state index is 9.25. The van der Waals surface area contributed by atoms with Gasteiger partial charge in [-0.3, -0.25) is 0 Å². The van der Waals surface area contributed by atoms with E-state index in [1.165, 1.54) is 7.11 Å². The van der Waals surface area contributed by atoms with Gasteiger partial charge < -0.3 is 35.4 Å². The lowest BCUT2D eigenvalue weighted by Gasteiger charge is -2.32. The minimum Gasteiger partial charge on any atom is -0.478 e. The van der Waals surface area contributed by atoms with E-state index in [9.17, 15) is 14.4 Å². The molecule has 26 heavy (non-hydrogen) atoms. The first kappa shape index (κ1) is 31.3. The van der Waals surface area contributed by atoms with Gasteiger partial charge in [0, 0.05) is 25.3 Å². The molecule has 152 valence electrons. The van der Waals surface area contributed by atoms with Gasteiger partial charge in [0.1, 0.15) is 0 Å². The molecule has 0 aromatic carbocycles. The Balaban J connectivity index is -0.000000136. The van der Waals surface area contributed by atoms with Crippen molar-refractivity contribution in [2.45, 2.75) is 13.0 Å². The van der Waals surface area contributed by atoms with E-state index in [1.807, 2.05) is 0 Å². The molecular formula is C16H28O10. The number of aliphatic carboxylic acids is 3. The summed E-state index contributed by atoms with van der Waals surface area (Å²) < 4.78 is 4.91. The van der Waals surface area contributed by atoms with Crippen LogP contribution in [0.1, 0.15) is 6.92 Å². The first-order valence-corrected chi connectivity index (χ1v) is 6.89. The zero-order valence-electron chi connectivity index (χ0n) is 14.9. The third kappa shape index (κ3) is 21.5. The summed E-state index contributed by atoms with van der Waals surface area (Å²) in [4.78, 5) is 27.8. The summed E-state index contributed by atoms with van der Waals surface area (Å²) in [5.41, 5.74) is -0.922. The highest BCUT2D eigenvalue weighted by Crippen LogP contribution is 2.21. The Hall–Kier alpha value is -2.53. The predicted molar refractivity (Wildman–Crippen MR) is 93.7 cm³/mol. The maximum absolute atomic E-state index is 9.25. The quantitative estimate of drug-likeness (QED) is 0.307. The molecule has 0 spiro atoms. The van der Waals surface area contributed by atoms with Gasteiger partial charge in [-0.1, -0.05) is 19.7 Å². The summed E-state index contributed by atoms with van der Waals surface area (Å²) in [6, 6.07) is 0. The number of rotatable bonds is 8. The van der Waals surface area contributed by atoms with Crippen molar-refractivity contribution < 1.29 is 49.8 Å². The molecule has 0 aromatic rings. The Morgan fingerprint density at radius 2 is 1.04 bits per heavy atom. The van der Waals surface area contributed by atoms with Crippen LogP contribution in [0.25, 0.3) is 0 Å². The summed E-state index contributed by atoms with van der Waals surface area (Å²) in [6.45, 7) is 9.73. The van der Waals surface area contributed by atoms with Crippen molar-refractivity contribution in [3.63, 3.8) is 0 Å². The van der Waals surface area contributed by atoms with Crippen molar-refractivity contribution >= 4 is 17.9 Å². The Kier molecular flexibility index (Phi) is 24.7. The lowest BCUT2D eigenvalue weighted by Crippen LogP contribution is -2.44. The number of carbonyl (C=O) groups is 3. The molecule has 0 rings (SSSR count). The number of aliphatic hydroxyl groups is 3. The monoisotopic (exact) mass is 380 g/mol. The number of carboxylic acid groups (broad SMARTS) is 3. The second-order valence-corrected chi connectivity index (χ2v) is 4.34. The predicted octanol–water partition coefficient (Wildman–Crippen LogP) is -0.244. The van der Waals surface area contributed by atoms with Crippen LogP contribution in [0.5, 0.6) is 0 Å². The fourth-order valence-corrected chi connectivity index (χ4v) is 0.786. The van der Waals surface area contributed by atoms with Crippen molar-refractivity contribution in [1.29, 1.82) is 0 Å². The Morgan fingerprint density at radius 3 is 1.08 bits per heavy atom. The topological polar surface area (TPSA) is 182 Å². The van der Waals surface area contributed by atoms with Crippen molar-refractivity contribution in [2.75, 3.05) is 26.9 Å². The van der Waals surface area contributed by atoms with Gasteiger partial charge in [0.25, 0.3) is 0 Å². The molecule has 0 aliphatic carbocycles. The van der Waals surface area contributed by atoms with Crippen LogP contribution in [-0.2, 0) is 19.1 Å². The molecule has 0 saturated heterocycles. The van der Waals surface area contributed by atoms with E-state index in [0.29, 0.717) is 0 Å². The highest BCUT2D eigenvalue weighted by atomic mass is 16.5. The Labute approximate surface area is 152 Å². The molecule has 0 aliphatic rings. The van der Waals surface area contributed by atoms with E-state index in [4.69, 9.17) is 35.4 Å². The zero-order valence-corrected chi connectivity index (χ0v) is 14.9. The smallest absolute Gasteiger partial charge is 0.327 e. The van der Waals surface area contributed by atoms with Gasteiger partial charge in [0.2, 0.25) is 0 Å². The van der Waals surface area contributed by atoms with Crippen molar-refractivity contribution in [2.24, 2.45) is 5.41 Å². The first-order chi connectivity index (χ1) is 12.0. The van der Waals surface area contributed by atoms with Gasteiger partial charge >= 0.3 is 17.9 Å². The highest BCUT2D eigenvalue weighted by molar-refractivity contribution is 5.79. The molecule has 0 fully saturated rings. The largest absolute Gasteiger partial charge is 0.478 e. The number of aliphatic hydroxyl groups excluding tert-OH is 3. The summed E-state index contributed by atoms with van der Waals surface area (Å²) in [5.74, 6) is -2.94. The third-order valence-electron chi connectivity index (χ3n) is 2.68. The van der Waals surface area contributed by atoms with E-state index >= 15 is 0 Å². The molecule has 10 heteroatoms. The van der Waals surface area contributed by atoms with E-state index in [2.05, 4.69) is 19.7 Å². The lowest BCUT2D eigenvalue weighted by atomic mass is 9.85. The Morgan fingerprint density at radius 1 is 0.846 bits per heavy atom. The van der Waals surface area contributed by atoms with E-state index in [1.54, 1.807) is 6.92 Å². The summed E-state index contributed by atoms with van der Waals surface area (Å²) in [5, 5.41) is 49.4. The number of ether oxygens (including phenoxy) is 1. The summed E-state index contributed by atoms with van der Waals surface area (Å²) in [6.07, 6.45) is 2.14. The molecule has 0 amide bonds. The normalized spacial score (nSPS) is 10.0. The third-order valence-corrected chi connectivity index (χ3v) is 2.68.